The Labute approximate surface area is 241 Å². The van der Waals surface area contributed by atoms with Gasteiger partial charge in [0.05, 0.1) is 17.8 Å². The van der Waals surface area contributed by atoms with Crippen LogP contribution in [0.2, 0.25) is 15.1 Å². The van der Waals surface area contributed by atoms with Crippen molar-refractivity contribution >= 4 is 64.3 Å². The molecule has 0 radical (unpaired) electrons. The number of ether oxygens (including phenoxy) is 2. The second-order valence-corrected chi connectivity index (χ2v) is 10.9. The van der Waals surface area contributed by atoms with Gasteiger partial charge >= 0.3 is 5.97 Å². The van der Waals surface area contributed by atoms with E-state index >= 15 is 0 Å². The van der Waals surface area contributed by atoms with Crippen LogP contribution in [0, 0.1) is 0 Å². The first-order valence-corrected chi connectivity index (χ1v) is 13.6. The van der Waals surface area contributed by atoms with Gasteiger partial charge in [0, 0.05) is 39.3 Å². The molecule has 2 amide bonds. The molecule has 2 aromatic carbocycles. The number of nitrogens with zero attached hydrogens (tertiary/aromatic N) is 2. The number of carbonyl (C=O) groups excluding carboxylic acids is 2. The molecule has 202 valence electrons. The minimum atomic E-state index is -1.27. The lowest BCUT2D eigenvalue weighted by Crippen LogP contribution is -2.70. The molecule has 2 aliphatic rings. The number of halogens is 3. The fraction of sp³-hybridized carbons (Fsp3) is 0.200. The summed E-state index contributed by atoms with van der Waals surface area (Å²) in [7, 11) is 0. The number of imidazole rings is 1. The molecular weight excluding hydrogens is 591 g/mol. The third-order valence-electron chi connectivity index (χ3n) is 5.89. The van der Waals surface area contributed by atoms with Gasteiger partial charge in [-0.25, -0.2) is 9.78 Å². The third kappa shape index (κ3) is 5.81. The molecule has 0 aliphatic carbocycles. The Morgan fingerprint density at radius 3 is 2.56 bits per heavy atom. The van der Waals surface area contributed by atoms with Gasteiger partial charge in [0.25, 0.3) is 5.91 Å². The fourth-order valence-electron chi connectivity index (χ4n) is 4.09. The van der Waals surface area contributed by atoms with Crippen molar-refractivity contribution in [1.29, 1.82) is 0 Å². The van der Waals surface area contributed by atoms with Crippen LogP contribution in [0.25, 0.3) is 0 Å². The Hall–Kier alpha value is -3.38. The highest BCUT2D eigenvalue weighted by atomic mass is 35.5. The highest BCUT2D eigenvalue weighted by Gasteiger charge is 2.54. The molecule has 10 nitrogen and oxygen atoms in total. The molecule has 1 fully saturated rings. The van der Waals surface area contributed by atoms with Crippen LogP contribution in [-0.2, 0) is 20.8 Å². The number of fused-ring (bicyclic) bond motifs is 1. The smallest absolute Gasteiger partial charge is 0.352 e. The van der Waals surface area contributed by atoms with Crippen LogP contribution in [0.3, 0.4) is 0 Å². The number of carboxylic acid groups (broad SMARTS) is 1. The van der Waals surface area contributed by atoms with E-state index in [0.29, 0.717) is 32.8 Å². The number of aliphatic carboxylic acids is 1. The number of amides is 2. The summed E-state index contributed by atoms with van der Waals surface area (Å²) in [4.78, 5) is 45.3. The van der Waals surface area contributed by atoms with Gasteiger partial charge in [0.2, 0.25) is 5.91 Å². The number of hydrogen-bond donors (Lipinski definition) is 3. The number of hydrogen-bond acceptors (Lipinski definition) is 7. The van der Waals surface area contributed by atoms with E-state index in [0.717, 1.165) is 0 Å². The maximum Gasteiger partial charge on any atom is 0.352 e. The second kappa shape index (κ2) is 11.4. The molecule has 3 heterocycles. The average molecular weight is 610 g/mol. The van der Waals surface area contributed by atoms with Crippen LogP contribution >= 0.6 is 46.6 Å². The molecule has 2 unspecified atom stereocenters. The first kappa shape index (κ1) is 27.2. The average Bonchev–Trinajstić information content (AvgIpc) is 3.41. The zero-order chi connectivity index (χ0) is 27.7. The predicted octanol–water partition coefficient (Wildman–Crippen LogP) is 4.52. The van der Waals surface area contributed by atoms with Gasteiger partial charge in [-0.05, 0) is 30.3 Å². The van der Waals surface area contributed by atoms with Gasteiger partial charge in [0.1, 0.15) is 29.5 Å². The number of carbonyl (C=O) groups is 3. The van der Waals surface area contributed by atoms with Crippen molar-refractivity contribution in [3.63, 3.8) is 0 Å². The molecule has 0 saturated carbocycles. The number of carboxylic acids is 1. The normalized spacial score (nSPS) is 18.3. The van der Waals surface area contributed by atoms with E-state index in [4.69, 9.17) is 44.3 Å². The molecule has 1 aromatic heterocycles. The fourth-order valence-corrected chi connectivity index (χ4v) is 6.03. The first-order chi connectivity index (χ1) is 18.7. The molecule has 0 bridgehead atoms. The first-order valence-electron chi connectivity index (χ1n) is 11.4. The zero-order valence-corrected chi connectivity index (χ0v) is 22.9. The Morgan fingerprint density at radius 1 is 1.13 bits per heavy atom. The Bertz CT molecular complexity index is 1480. The lowest BCUT2D eigenvalue weighted by atomic mass is 10.0. The van der Waals surface area contributed by atoms with E-state index in [1.165, 1.54) is 41.3 Å². The third-order valence-corrected chi connectivity index (χ3v) is 8.00. The van der Waals surface area contributed by atoms with Gasteiger partial charge in [-0.2, -0.15) is 0 Å². The summed E-state index contributed by atoms with van der Waals surface area (Å²) in [6, 6.07) is 8.65. The number of H-pyrrole nitrogens is 1. The van der Waals surface area contributed by atoms with Crippen molar-refractivity contribution in [3.05, 3.63) is 81.0 Å². The number of nitrogens with one attached hydrogen (secondary N) is 2. The topological polar surface area (TPSA) is 134 Å². The Balaban J connectivity index is 1.30. The van der Waals surface area contributed by atoms with E-state index in [1.807, 2.05) is 0 Å². The number of rotatable bonds is 9. The largest absolute Gasteiger partial charge is 0.485 e. The van der Waals surface area contributed by atoms with Crippen molar-refractivity contribution in [3.8, 4) is 17.2 Å². The molecular formula is C25H19Cl3N4O6S. The molecule has 2 aliphatic heterocycles. The van der Waals surface area contributed by atoms with Crippen molar-refractivity contribution in [2.24, 2.45) is 0 Å². The quantitative estimate of drug-likeness (QED) is 0.302. The summed E-state index contributed by atoms with van der Waals surface area (Å²) < 4.78 is 11.8. The predicted molar refractivity (Wildman–Crippen MR) is 145 cm³/mol. The van der Waals surface area contributed by atoms with Gasteiger partial charge in [-0.3, -0.25) is 14.5 Å². The van der Waals surface area contributed by atoms with E-state index in [-0.39, 0.29) is 41.2 Å². The Morgan fingerprint density at radius 2 is 1.87 bits per heavy atom. The summed E-state index contributed by atoms with van der Waals surface area (Å²) >= 11 is 19.7. The number of aromatic amines is 1. The number of benzene rings is 2. The molecule has 1 saturated heterocycles. The minimum absolute atomic E-state index is 0.0210. The highest BCUT2D eigenvalue weighted by molar-refractivity contribution is 8.00. The van der Waals surface area contributed by atoms with Crippen LogP contribution in [0.1, 0.15) is 5.69 Å². The summed E-state index contributed by atoms with van der Waals surface area (Å²) in [6.45, 7) is -0.146. The van der Waals surface area contributed by atoms with Crippen molar-refractivity contribution in [2.75, 3.05) is 12.4 Å². The van der Waals surface area contributed by atoms with Crippen molar-refractivity contribution in [2.45, 2.75) is 17.8 Å². The van der Waals surface area contributed by atoms with Crippen LogP contribution < -0.4 is 14.8 Å². The van der Waals surface area contributed by atoms with Crippen molar-refractivity contribution in [1.82, 2.24) is 20.2 Å². The SMILES string of the molecule is O=C(Cc1cnc[nH]1)NC1C(=O)N2C(C(=O)O)=C(COc3cc(Cl)ccc3Oc3ccc(Cl)cc3Cl)CSC12. The highest BCUT2D eigenvalue weighted by Crippen LogP contribution is 2.42. The summed E-state index contributed by atoms with van der Waals surface area (Å²) in [6.07, 6.45) is 2.99. The lowest BCUT2D eigenvalue weighted by Gasteiger charge is -2.49. The maximum absolute atomic E-state index is 12.9. The number of aromatic nitrogens is 2. The number of β-lactam (4-membered cyclic amide) rings is 1. The monoisotopic (exact) mass is 608 g/mol. The van der Waals surface area contributed by atoms with Gasteiger partial charge < -0.3 is 24.9 Å². The van der Waals surface area contributed by atoms with Gasteiger partial charge in [-0.1, -0.05) is 34.8 Å². The van der Waals surface area contributed by atoms with Gasteiger partial charge in [-0.15, -0.1) is 11.8 Å². The van der Waals surface area contributed by atoms with Crippen LogP contribution in [-0.4, -0.2) is 61.5 Å². The second-order valence-electron chi connectivity index (χ2n) is 8.52. The van der Waals surface area contributed by atoms with Gasteiger partial charge in [0.15, 0.2) is 11.5 Å². The molecule has 5 rings (SSSR count). The summed E-state index contributed by atoms with van der Waals surface area (Å²) in [5.74, 6) is -1.01. The zero-order valence-electron chi connectivity index (χ0n) is 19.8. The summed E-state index contributed by atoms with van der Waals surface area (Å²) in [5, 5.41) is 13.2. The van der Waals surface area contributed by atoms with E-state index in [1.54, 1.807) is 24.3 Å². The standard InChI is InChI=1S/C25H19Cl3N4O6S/c26-13-1-3-17(16(28)5-13)38-18-4-2-14(27)6-19(18)37-9-12-10-39-24-21(23(34)32(24)22(12)25(35)36)31-20(33)7-15-8-29-11-30-15/h1-6,8,11,21,24H,7,9-10H2,(H,29,30)(H,31,33)(H,35,36). The number of thioether (sulfide) groups is 1. The summed E-state index contributed by atoms with van der Waals surface area (Å²) in [5.41, 5.74) is 0.809. The van der Waals surface area contributed by atoms with E-state index in [9.17, 15) is 19.5 Å². The molecule has 2 atom stereocenters. The Kier molecular flexibility index (Phi) is 7.94. The lowest BCUT2D eigenvalue weighted by molar-refractivity contribution is -0.150. The van der Waals surface area contributed by atoms with E-state index < -0.39 is 23.3 Å². The van der Waals surface area contributed by atoms with Crippen LogP contribution in [0.15, 0.2) is 60.2 Å². The molecule has 3 N–H and O–H groups in total. The van der Waals surface area contributed by atoms with Crippen LogP contribution in [0.5, 0.6) is 17.2 Å². The van der Waals surface area contributed by atoms with E-state index in [2.05, 4.69) is 15.3 Å². The maximum atomic E-state index is 12.9. The molecule has 3 aromatic rings. The molecule has 39 heavy (non-hydrogen) atoms. The van der Waals surface area contributed by atoms with Crippen LogP contribution in [0.4, 0.5) is 0 Å². The van der Waals surface area contributed by atoms with Crippen molar-refractivity contribution < 1.29 is 29.0 Å². The molecule has 0 spiro atoms. The molecule has 14 heteroatoms. The minimum Gasteiger partial charge on any atom is -0.485 e.